The van der Waals surface area contributed by atoms with Gasteiger partial charge in [0.15, 0.2) is 0 Å². The van der Waals surface area contributed by atoms with Gasteiger partial charge in [-0.3, -0.25) is 9.10 Å². The third-order valence-corrected chi connectivity index (χ3v) is 7.67. The SMILES string of the molecule is Cc1ccc(C(=O)N2CCN(c3ccccc3)CC2)cc1N(C)S(=O)(=O)c1ccccc1. The maximum absolute atomic E-state index is 13.2. The Balaban J connectivity index is 1.52. The number of carbonyl (C=O) groups is 1. The van der Waals surface area contributed by atoms with Crippen LogP contribution in [0.3, 0.4) is 0 Å². The lowest BCUT2D eigenvalue weighted by Crippen LogP contribution is -2.48. The van der Waals surface area contributed by atoms with Crippen LogP contribution in [-0.2, 0) is 10.0 Å². The van der Waals surface area contributed by atoms with Gasteiger partial charge in [-0.1, -0.05) is 42.5 Å². The van der Waals surface area contributed by atoms with Crippen molar-refractivity contribution < 1.29 is 13.2 Å². The van der Waals surface area contributed by atoms with E-state index >= 15 is 0 Å². The first kappa shape index (κ1) is 21.9. The lowest BCUT2D eigenvalue weighted by molar-refractivity contribution is 0.0747. The first-order valence-corrected chi connectivity index (χ1v) is 12.1. The average Bonchev–Trinajstić information content (AvgIpc) is 2.84. The van der Waals surface area contributed by atoms with Gasteiger partial charge in [-0.15, -0.1) is 0 Å². The lowest BCUT2D eigenvalue weighted by atomic mass is 10.1. The zero-order chi connectivity index (χ0) is 22.7. The summed E-state index contributed by atoms with van der Waals surface area (Å²) in [5, 5.41) is 0. The molecule has 0 atom stereocenters. The largest absolute Gasteiger partial charge is 0.368 e. The molecule has 1 fully saturated rings. The van der Waals surface area contributed by atoms with Crippen LogP contribution in [0.4, 0.5) is 11.4 Å². The van der Waals surface area contributed by atoms with Crippen molar-refractivity contribution in [2.75, 3.05) is 42.4 Å². The molecule has 0 bridgehead atoms. The van der Waals surface area contributed by atoms with E-state index < -0.39 is 10.0 Å². The minimum Gasteiger partial charge on any atom is -0.368 e. The zero-order valence-corrected chi connectivity index (χ0v) is 19.1. The average molecular weight is 450 g/mol. The van der Waals surface area contributed by atoms with Gasteiger partial charge >= 0.3 is 0 Å². The Kier molecular flexibility index (Phi) is 6.19. The molecule has 1 heterocycles. The van der Waals surface area contributed by atoms with Gasteiger partial charge in [0.25, 0.3) is 15.9 Å². The number of benzene rings is 3. The highest BCUT2D eigenvalue weighted by molar-refractivity contribution is 7.92. The van der Waals surface area contributed by atoms with Crippen LogP contribution in [0.15, 0.2) is 83.8 Å². The molecule has 0 saturated carbocycles. The molecule has 1 aliphatic rings. The van der Waals surface area contributed by atoms with Gasteiger partial charge in [0.05, 0.1) is 10.6 Å². The maximum Gasteiger partial charge on any atom is 0.264 e. The molecule has 3 aromatic rings. The van der Waals surface area contributed by atoms with Crippen molar-refractivity contribution in [3.05, 3.63) is 90.0 Å². The molecule has 1 amide bonds. The lowest BCUT2D eigenvalue weighted by Gasteiger charge is -2.36. The normalized spacial score (nSPS) is 14.3. The Bertz CT molecular complexity index is 1190. The van der Waals surface area contributed by atoms with E-state index in [0.29, 0.717) is 24.3 Å². The second-order valence-electron chi connectivity index (χ2n) is 7.90. The molecule has 1 saturated heterocycles. The van der Waals surface area contributed by atoms with Gasteiger partial charge in [-0.05, 0) is 48.9 Å². The maximum atomic E-state index is 13.2. The highest BCUT2D eigenvalue weighted by atomic mass is 32.2. The summed E-state index contributed by atoms with van der Waals surface area (Å²) in [4.78, 5) is 17.5. The number of hydrogen-bond acceptors (Lipinski definition) is 4. The van der Waals surface area contributed by atoms with Crippen molar-refractivity contribution in [3.63, 3.8) is 0 Å². The summed E-state index contributed by atoms with van der Waals surface area (Å²) >= 11 is 0. The molecule has 0 spiro atoms. The number of nitrogens with zero attached hydrogens (tertiary/aromatic N) is 3. The summed E-state index contributed by atoms with van der Waals surface area (Å²) in [5.41, 5.74) is 2.94. The first-order chi connectivity index (χ1) is 15.4. The summed E-state index contributed by atoms with van der Waals surface area (Å²) in [6.07, 6.45) is 0. The second-order valence-corrected chi connectivity index (χ2v) is 9.87. The van der Waals surface area contributed by atoms with E-state index in [2.05, 4.69) is 17.0 Å². The molecule has 6 nitrogen and oxygen atoms in total. The number of anilines is 2. The minimum atomic E-state index is -3.72. The quantitative estimate of drug-likeness (QED) is 0.595. The van der Waals surface area contributed by atoms with Crippen molar-refractivity contribution in [2.24, 2.45) is 0 Å². The molecule has 0 radical (unpaired) electrons. The first-order valence-electron chi connectivity index (χ1n) is 10.6. The Morgan fingerprint density at radius 2 is 1.44 bits per heavy atom. The van der Waals surface area contributed by atoms with E-state index in [1.54, 1.807) is 48.5 Å². The molecule has 0 aliphatic carbocycles. The number of sulfonamides is 1. The number of amides is 1. The van der Waals surface area contributed by atoms with Crippen LogP contribution in [0.2, 0.25) is 0 Å². The third kappa shape index (κ3) is 4.34. The number of piperazine rings is 1. The van der Waals surface area contributed by atoms with E-state index in [1.807, 2.05) is 30.0 Å². The van der Waals surface area contributed by atoms with E-state index in [9.17, 15) is 13.2 Å². The molecular formula is C25H27N3O3S. The third-order valence-electron chi connectivity index (χ3n) is 5.89. The molecule has 166 valence electrons. The number of hydrogen-bond donors (Lipinski definition) is 0. The molecule has 32 heavy (non-hydrogen) atoms. The van der Waals surface area contributed by atoms with Crippen LogP contribution < -0.4 is 9.21 Å². The van der Waals surface area contributed by atoms with E-state index in [1.165, 1.54) is 11.4 Å². The monoisotopic (exact) mass is 449 g/mol. The highest BCUT2D eigenvalue weighted by Crippen LogP contribution is 2.27. The van der Waals surface area contributed by atoms with Crippen LogP contribution in [-0.4, -0.2) is 52.5 Å². The topological polar surface area (TPSA) is 60.9 Å². The van der Waals surface area contributed by atoms with E-state index in [4.69, 9.17) is 0 Å². The fourth-order valence-electron chi connectivity index (χ4n) is 3.95. The smallest absolute Gasteiger partial charge is 0.264 e. The summed E-state index contributed by atoms with van der Waals surface area (Å²) < 4.78 is 27.4. The molecule has 0 N–H and O–H groups in total. The minimum absolute atomic E-state index is 0.0792. The molecule has 4 rings (SSSR count). The fourth-order valence-corrected chi connectivity index (χ4v) is 5.22. The van der Waals surface area contributed by atoms with Crippen molar-refractivity contribution in [3.8, 4) is 0 Å². The Hall–Kier alpha value is -3.32. The van der Waals surface area contributed by atoms with E-state index in [-0.39, 0.29) is 10.8 Å². The molecule has 0 unspecified atom stereocenters. The highest BCUT2D eigenvalue weighted by Gasteiger charge is 2.26. The Morgan fingerprint density at radius 3 is 2.06 bits per heavy atom. The van der Waals surface area contributed by atoms with Crippen LogP contribution in [0.25, 0.3) is 0 Å². The van der Waals surface area contributed by atoms with Gasteiger partial charge in [0.1, 0.15) is 0 Å². The second kappa shape index (κ2) is 9.04. The molecule has 7 heteroatoms. The van der Waals surface area contributed by atoms with Crippen molar-refractivity contribution in [1.29, 1.82) is 0 Å². The predicted octanol–water partition coefficient (Wildman–Crippen LogP) is 3.78. The summed E-state index contributed by atoms with van der Waals surface area (Å²) in [7, 11) is -2.19. The van der Waals surface area contributed by atoms with E-state index in [0.717, 1.165) is 24.3 Å². The van der Waals surface area contributed by atoms with Gasteiger partial charge in [-0.2, -0.15) is 0 Å². The summed E-state index contributed by atoms with van der Waals surface area (Å²) in [5.74, 6) is -0.0792. The molecule has 1 aliphatic heterocycles. The number of aryl methyl sites for hydroxylation is 1. The number of rotatable bonds is 5. The predicted molar refractivity (Wildman–Crippen MR) is 128 cm³/mol. The van der Waals surface area contributed by atoms with Gasteiger partial charge in [-0.25, -0.2) is 8.42 Å². The number of para-hydroxylation sites is 1. The Morgan fingerprint density at radius 1 is 0.844 bits per heavy atom. The zero-order valence-electron chi connectivity index (χ0n) is 18.3. The van der Waals surface area contributed by atoms with Crippen molar-refractivity contribution >= 4 is 27.3 Å². The summed E-state index contributed by atoms with van der Waals surface area (Å²) in [6, 6.07) is 23.8. The molecule has 3 aromatic carbocycles. The fraction of sp³-hybridized carbons (Fsp3) is 0.240. The number of carbonyl (C=O) groups excluding carboxylic acids is 1. The molecular weight excluding hydrogens is 422 g/mol. The Labute approximate surface area is 189 Å². The van der Waals surface area contributed by atoms with Gasteiger partial charge < -0.3 is 9.80 Å². The van der Waals surface area contributed by atoms with Crippen LogP contribution in [0.5, 0.6) is 0 Å². The molecule has 0 aromatic heterocycles. The van der Waals surface area contributed by atoms with Crippen LogP contribution in [0.1, 0.15) is 15.9 Å². The van der Waals surface area contributed by atoms with Crippen molar-refractivity contribution in [2.45, 2.75) is 11.8 Å². The summed E-state index contributed by atoms with van der Waals surface area (Å²) in [6.45, 7) is 4.61. The van der Waals surface area contributed by atoms with Crippen LogP contribution >= 0.6 is 0 Å². The van der Waals surface area contributed by atoms with Gasteiger partial charge in [0, 0.05) is 44.5 Å². The standard InChI is InChI=1S/C25H27N3O3S/c1-20-13-14-21(19-24(20)26(2)32(30,31)23-11-7-4-8-12-23)25(29)28-17-15-27(16-18-28)22-9-5-3-6-10-22/h3-14,19H,15-18H2,1-2H3. The van der Waals surface area contributed by atoms with Gasteiger partial charge in [0.2, 0.25) is 0 Å². The van der Waals surface area contributed by atoms with Crippen LogP contribution in [0, 0.1) is 6.92 Å². The van der Waals surface area contributed by atoms with Crippen molar-refractivity contribution in [1.82, 2.24) is 4.90 Å².